The van der Waals surface area contributed by atoms with Crippen molar-refractivity contribution in [3.63, 3.8) is 0 Å². The highest BCUT2D eigenvalue weighted by molar-refractivity contribution is 7.91. The zero-order chi connectivity index (χ0) is 31.0. The third-order valence-corrected chi connectivity index (χ3v) is 11.0. The summed E-state index contributed by atoms with van der Waals surface area (Å²) in [6.07, 6.45) is 7.77. The lowest BCUT2D eigenvalue weighted by Gasteiger charge is -2.30. The van der Waals surface area contributed by atoms with E-state index in [1.807, 2.05) is 49.0 Å². The van der Waals surface area contributed by atoms with Crippen LogP contribution in [0.5, 0.6) is 11.6 Å². The van der Waals surface area contributed by atoms with Crippen LogP contribution in [0.1, 0.15) is 42.1 Å². The van der Waals surface area contributed by atoms with Crippen molar-refractivity contribution in [2.24, 2.45) is 12.8 Å². The minimum Gasteiger partial charge on any atom is -0.491 e. The van der Waals surface area contributed by atoms with Crippen LogP contribution in [-0.4, -0.2) is 72.7 Å². The molecule has 0 radical (unpaired) electrons. The Balaban J connectivity index is 1.46. The Morgan fingerprint density at radius 3 is 2.50 bits per heavy atom. The molecular weight excluding hydrogens is 576 g/mol. The summed E-state index contributed by atoms with van der Waals surface area (Å²) in [4.78, 5) is 15.4. The van der Waals surface area contributed by atoms with Gasteiger partial charge in [-0.15, -0.1) is 0 Å². The highest BCUT2D eigenvalue weighted by Crippen LogP contribution is 2.40. The summed E-state index contributed by atoms with van der Waals surface area (Å²) in [5.41, 5.74) is 12.3. The van der Waals surface area contributed by atoms with Crippen LogP contribution in [0.15, 0.2) is 59.8 Å². The molecule has 1 aliphatic rings. The number of nitrogens with zero attached hydrogens (tertiary/aromatic N) is 4. The fraction of sp³-hybridized carbons (Fsp3) is 0.394. The number of benzene rings is 1. The molecule has 3 N–H and O–H groups in total. The average Bonchev–Trinajstić information content (AvgIpc) is 3.61. The van der Waals surface area contributed by atoms with Crippen LogP contribution >= 0.6 is 0 Å². The largest absolute Gasteiger partial charge is 0.491 e. The molecule has 2 atom stereocenters. The van der Waals surface area contributed by atoms with Crippen LogP contribution < -0.4 is 15.2 Å². The van der Waals surface area contributed by atoms with Gasteiger partial charge in [0.15, 0.2) is 15.6 Å². The zero-order valence-corrected chi connectivity index (χ0v) is 26.5. The van der Waals surface area contributed by atoms with Gasteiger partial charge in [-0.3, -0.25) is 0 Å². The molecule has 0 bridgehead atoms. The van der Waals surface area contributed by atoms with E-state index in [2.05, 4.69) is 14.9 Å². The third kappa shape index (κ3) is 5.55. The number of nitrogens with one attached hydrogen (secondary N) is 1. The minimum absolute atomic E-state index is 0.265. The van der Waals surface area contributed by atoms with Gasteiger partial charge in [0.05, 0.1) is 30.3 Å². The first-order chi connectivity index (χ1) is 21.2. The molecule has 0 spiro atoms. The lowest BCUT2D eigenvalue weighted by atomic mass is 10.0. The number of aryl methyl sites for hydroxylation is 2. The number of fused-ring (bicyclic) bond motifs is 2. The molecule has 1 fully saturated rings. The van der Waals surface area contributed by atoms with Gasteiger partial charge in [-0.25, -0.2) is 18.4 Å². The number of ether oxygens (including phenoxy) is 2. The van der Waals surface area contributed by atoms with Crippen LogP contribution in [0.25, 0.3) is 33.3 Å². The number of rotatable bonds is 10. The third-order valence-electron chi connectivity index (χ3n) is 8.77. The van der Waals surface area contributed by atoms with E-state index in [9.17, 15) is 8.42 Å². The second-order valence-corrected chi connectivity index (χ2v) is 13.8. The molecule has 0 aliphatic carbocycles. The Morgan fingerprint density at radius 1 is 1.05 bits per heavy atom. The second-order valence-electron chi connectivity index (χ2n) is 11.7. The Hall–Kier alpha value is -3.93. The average molecular weight is 617 g/mol. The molecule has 1 saturated heterocycles. The Morgan fingerprint density at radius 2 is 1.80 bits per heavy atom. The maximum atomic E-state index is 14.4. The lowest BCUT2D eigenvalue weighted by Crippen LogP contribution is -2.39. The number of sulfone groups is 1. The molecule has 232 valence electrons. The first-order valence-electron chi connectivity index (χ1n) is 15.1. The van der Waals surface area contributed by atoms with Crippen molar-refractivity contribution in [1.29, 1.82) is 0 Å². The minimum atomic E-state index is -3.85. The van der Waals surface area contributed by atoms with Crippen molar-refractivity contribution >= 4 is 31.9 Å². The van der Waals surface area contributed by atoms with Crippen molar-refractivity contribution in [3.8, 4) is 22.9 Å². The maximum absolute atomic E-state index is 14.4. The van der Waals surface area contributed by atoms with E-state index in [4.69, 9.17) is 20.2 Å². The van der Waals surface area contributed by atoms with Crippen LogP contribution in [0.4, 0.5) is 0 Å². The molecular formula is C33H40N6O4S. The number of H-pyrrole nitrogens is 1. The molecule has 10 nitrogen and oxygen atoms in total. The summed E-state index contributed by atoms with van der Waals surface area (Å²) in [5, 5.41) is -0.242. The SMILES string of the molecule is COc1cc2c(nc1OC)c(-c1cc3c(C(C(N)CCN4CCCCC4)S(=O)(=O)c4ccc(C)cc4)ccnc3[nH]1)cn2C. The van der Waals surface area contributed by atoms with Gasteiger partial charge in [0.25, 0.3) is 5.88 Å². The molecule has 5 heterocycles. The number of hydrogen-bond acceptors (Lipinski definition) is 8. The van der Waals surface area contributed by atoms with E-state index in [0.29, 0.717) is 34.6 Å². The smallest absolute Gasteiger partial charge is 0.257 e. The first kappa shape index (κ1) is 30.1. The monoisotopic (exact) mass is 616 g/mol. The highest BCUT2D eigenvalue weighted by Gasteiger charge is 2.36. The molecule has 44 heavy (non-hydrogen) atoms. The van der Waals surface area contributed by atoms with Crippen LogP contribution in [0.3, 0.4) is 0 Å². The van der Waals surface area contributed by atoms with Crippen LogP contribution in [-0.2, 0) is 16.9 Å². The van der Waals surface area contributed by atoms with E-state index >= 15 is 0 Å². The van der Waals surface area contributed by atoms with E-state index < -0.39 is 21.1 Å². The molecule has 5 aromatic rings. The second kappa shape index (κ2) is 12.2. The number of piperidine rings is 1. The topological polar surface area (TPSA) is 128 Å². The summed E-state index contributed by atoms with van der Waals surface area (Å²) in [7, 11) is 1.23. The van der Waals surface area contributed by atoms with Crippen molar-refractivity contribution < 1.29 is 17.9 Å². The fourth-order valence-electron chi connectivity index (χ4n) is 6.36. The summed E-state index contributed by atoms with van der Waals surface area (Å²) in [6, 6.07) is 12.0. The lowest BCUT2D eigenvalue weighted by molar-refractivity contribution is 0.220. The van der Waals surface area contributed by atoms with Gasteiger partial charge >= 0.3 is 0 Å². The Kier molecular flexibility index (Phi) is 8.36. The number of aromatic nitrogens is 4. The number of pyridine rings is 2. The van der Waals surface area contributed by atoms with Gasteiger partial charge in [-0.1, -0.05) is 24.1 Å². The molecule has 11 heteroatoms. The van der Waals surface area contributed by atoms with E-state index in [1.165, 1.54) is 19.3 Å². The summed E-state index contributed by atoms with van der Waals surface area (Å²) in [6.45, 7) is 4.76. The number of likely N-dealkylation sites (tertiary alicyclic amines) is 1. The summed E-state index contributed by atoms with van der Waals surface area (Å²) in [5.74, 6) is 0.919. The van der Waals surface area contributed by atoms with E-state index in [-0.39, 0.29) is 4.90 Å². The van der Waals surface area contributed by atoms with Gasteiger partial charge in [-0.05, 0) is 75.6 Å². The quantitative estimate of drug-likeness (QED) is 0.220. The molecule has 2 unspecified atom stereocenters. The standard InChI is InChI=1S/C33H40N6O4S/c1-21-8-10-22(11-9-21)44(40,41)31(26(34)13-17-39-15-6-5-7-16-39)23-12-14-35-32-24(23)18-27(36-32)25-20-38(2)28-19-29(42-3)33(43-4)37-30(25)28/h8-12,14,18-20,26,31H,5-7,13,15-17,34H2,1-4H3,(H,35,36). The predicted octanol–water partition coefficient (Wildman–Crippen LogP) is 5.16. The number of nitrogens with two attached hydrogens (primary N) is 1. The normalized spacial score (nSPS) is 15.9. The summed E-state index contributed by atoms with van der Waals surface area (Å²) >= 11 is 0. The van der Waals surface area contributed by atoms with E-state index in [0.717, 1.165) is 47.5 Å². The van der Waals surface area contributed by atoms with Crippen LogP contribution in [0.2, 0.25) is 0 Å². The number of hydrogen-bond donors (Lipinski definition) is 2. The van der Waals surface area contributed by atoms with E-state index in [1.54, 1.807) is 38.6 Å². The molecule has 4 aromatic heterocycles. The van der Waals surface area contributed by atoms with Gasteiger partial charge in [-0.2, -0.15) is 0 Å². The highest BCUT2D eigenvalue weighted by atomic mass is 32.2. The Bertz CT molecular complexity index is 1890. The van der Waals surface area contributed by atoms with Gasteiger partial charge in [0, 0.05) is 42.5 Å². The molecule has 0 saturated carbocycles. The number of aromatic amines is 1. The Labute approximate surface area is 258 Å². The predicted molar refractivity (Wildman–Crippen MR) is 173 cm³/mol. The van der Waals surface area contributed by atoms with Crippen molar-refractivity contribution in [1.82, 2.24) is 24.4 Å². The molecule has 1 aliphatic heterocycles. The molecule has 0 amide bonds. The van der Waals surface area contributed by atoms with Crippen molar-refractivity contribution in [3.05, 3.63) is 66.0 Å². The van der Waals surface area contributed by atoms with Gasteiger partial charge in [0.1, 0.15) is 16.4 Å². The zero-order valence-electron chi connectivity index (χ0n) is 25.7. The number of methoxy groups -OCH3 is 2. The maximum Gasteiger partial charge on any atom is 0.257 e. The molecule has 1 aromatic carbocycles. The van der Waals surface area contributed by atoms with Gasteiger partial charge < -0.3 is 29.7 Å². The fourth-order valence-corrected chi connectivity index (χ4v) is 8.30. The van der Waals surface area contributed by atoms with Crippen LogP contribution in [0, 0.1) is 6.92 Å². The van der Waals surface area contributed by atoms with Gasteiger partial charge in [0.2, 0.25) is 0 Å². The van der Waals surface area contributed by atoms with Crippen molar-refractivity contribution in [2.75, 3.05) is 33.9 Å². The summed E-state index contributed by atoms with van der Waals surface area (Å²) < 4.78 is 41.7. The first-order valence-corrected chi connectivity index (χ1v) is 16.6. The molecule has 6 rings (SSSR count). The van der Waals surface area contributed by atoms with Crippen molar-refractivity contribution in [2.45, 2.75) is 48.8 Å².